The molecular formula is C12H7N3O3S. The summed E-state index contributed by atoms with van der Waals surface area (Å²) in [5.41, 5.74) is -0.471. The number of nitriles is 1. The van der Waals surface area contributed by atoms with Crippen molar-refractivity contribution in [1.29, 1.82) is 5.26 Å². The molecule has 0 saturated heterocycles. The van der Waals surface area contributed by atoms with Crippen molar-refractivity contribution in [1.82, 2.24) is 4.98 Å². The number of hydrogen-bond donors (Lipinski definition) is 2. The molecule has 94 valence electrons. The van der Waals surface area contributed by atoms with Gasteiger partial charge in [-0.3, -0.25) is 4.79 Å². The summed E-state index contributed by atoms with van der Waals surface area (Å²) in [7, 11) is -3.73. The Kier molecular flexibility index (Phi) is 2.24. The normalized spacial score (nSPS) is 14.7. The Labute approximate surface area is 108 Å². The second-order valence-electron chi connectivity index (χ2n) is 3.97. The van der Waals surface area contributed by atoms with Crippen LogP contribution in [0.1, 0.15) is 5.56 Å². The largest absolute Gasteiger partial charge is 0.352 e. The Morgan fingerprint density at radius 3 is 2.63 bits per heavy atom. The van der Waals surface area contributed by atoms with Gasteiger partial charge in [-0.05, 0) is 12.1 Å². The van der Waals surface area contributed by atoms with Crippen LogP contribution in [-0.4, -0.2) is 13.4 Å². The monoisotopic (exact) mass is 273 g/mol. The Morgan fingerprint density at radius 1 is 1.16 bits per heavy atom. The number of para-hydroxylation sites is 1. The third-order valence-corrected chi connectivity index (χ3v) is 4.73. The maximum absolute atomic E-state index is 12.4. The fourth-order valence-corrected chi connectivity index (χ4v) is 3.55. The highest BCUT2D eigenvalue weighted by Crippen LogP contribution is 2.39. The number of sulfone groups is 1. The molecule has 0 aliphatic carbocycles. The van der Waals surface area contributed by atoms with Gasteiger partial charge in [-0.25, -0.2) is 8.42 Å². The van der Waals surface area contributed by atoms with E-state index in [4.69, 9.17) is 5.26 Å². The third kappa shape index (κ3) is 1.47. The van der Waals surface area contributed by atoms with Gasteiger partial charge >= 0.3 is 0 Å². The van der Waals surface area contributed by atoms with Gasteiger partial charge in [0.1, 0.15) is 16.5 Å². The first-order valence-electron chi connectivity index (χ1n) is 5.32. The lowest BCUT2D eigenvalue weighted by molar-refractivity contribution is 0.595. The molecule has 3 rings (SSSR count). The first-order chi connectivity index (χ1) is 9.05. The van der Waals surface area contributed by atoms with E-state index in [0.717, 1.165) is 6.20 Å². The molecule has 19 heavy (non-hydrogen) atoms. The zero-order chi connectivity index (χ0) is 13.6. The van der Waals surface area contributed by atoms with E-state index in [-0.39, 0.29) is 21.0 Å². The Hall–Kier alpha value is -2.59. The highest BCUT2D eigenvalue weighted by atomic mass is 32.2. The standard InChI is InChI=1S/C12H7N3O3S/c13-5-7-11-10(6-14-12(7)16)19(17,18)9-4-2-1-3-8(9)15-11/h1-4,6,15H,(H,14,16). The van der Waals surface area contributed by atoms with Crippen molar-refractivity contribution in [2.24, 2.45) is 0 Å². The van der Waals surface area contributed by atoms with Gasteiger partial charge < -0.3 is 10.3 Å². The van der Waals surface area contributed by atoms with Crippen LogP contribution in [0.2, 0.25) is 0 Å². The molecule has 0 bridgehead atoms. The third-order valence-electron chi connectivity index (χ3n) is 2.90. The van der Waals surface area contributed by atoms with Crippen molar-refractivity contribution < 1.29 is 8.42 Å². The summed E-state index contributed by atoms with van der Waals surface area (Å²) >= 11 is 0. The number of aromatic amines is 1. The van der Waals surface area contributed by atoms with Crippen LogP contribution in [0.3, 0.4) is 0 Å². The molecule has 0 amide bonds. The maximum Gasteiger partial charge on any atom is 0.268 e. The fourth-order valence-electron chi connectivity index (χ4n) is 2.01. The van der Waals surface area contributed by atoms with E-state index in [1.165, 1.54) is 6.07 Å². The van der Waals surface area contributed by atoms with Gasteiger partial charge in [-0.15, -0.1) is 0 Å². The average molecular weight is 273 g/mol. The molecule has 1 aliphatic rings. The van der Waals surface area contributed by atoms with Crippen LogP contribution < -0.4 is 10.9 Å². The summed E-state index contributed by atoms with van der Waals surface area (Å²) in [6, 6.07) is 8.06. The summed E-state index contributed by atoms with van der Waals surface area (Å²) in [6.45, 7) is 0. The molecule has 0 radical (unpaired) electrons. The van der Waals surface area contributed by atoms with Crippen molar-refractivity contribution in [3.05, 3.63) is 46.4 Å². The first kappa shape index (κ1) is 11.5. The van der Waals surface area contributed by atoms with Gasteiger partial charge in [0.15, 0.2) is 0 Å². The number of rotatable bonds is 0. The summed E-state index contributed by atoms with van der Waals surface area (Å²) in [5, 5.41) is 11.8. The highest BCUT2D eigenvalue weighted by molar-refractivity contribution is 7.92. The van der Waals surface area contributed by atoms with E-state index in [9.17, 15) is 13.2 Å². The van der Waals surface area contributed by atoms with Crippen LogP contribution in [0.25, 0.3) is 0 Å². The van der Waals surface area contributed by atoms with Gasteiger partial charge in [-0.1, -0.05) is 12.1 Å². The minimum Gasteiger partial charge on any atom is -0.352 e. The zero-order valence-electron chi connectivity index (χ0n) is 9.47. The van der Waals surface area contributed by atoms with E-state index < -0.39 is 15.4 Å². The molecule has 2 N–H and O–H groups in total. The number of pyridine rings is 1. The lowest BCUT2D eigenvalue weighted by atomic mass is 10.2. The zero-order valence-corrected chi connectivity index (χ0v) is 10.3. The van der Waals surface area contributed by atoms with E-state index in [1.807, 2.05) is 0 Å². The number of benzene rings is 1. The predicted octanol–water partition coefficient (Wildman–Crippen LogP) is 1.14. The van der Waals surface area contributed by atoms with Gasteiger partial charge in [0.25, 0.3) is 5.56 Å². The molecule has 0 unspecified atom stereocenters. The summed E-state index contributed by atoms with van der Waals surface area (Å²) in [5.74, 6) is 0. The fraction of sp³-hybridized carbons (Fsp3) is 0. The molecule has 0 atom stereocenters. The van der Waals surface area contributed by atoms with Gasteiger partial charge in [-0.2, -0.15) is 5.26 Å². The molecular weight excluding hydrogens is 266 g/mol. The molecule has 1 aliphatic heterocycles. The molecule has 6 nitrogen and oxygen atoms in total. The second kappa shape index (κ2) is 3.70. The lowest BCUT2D eigenvalue weighted by Gasteiger charge is -2.21. The van der Waals surface area contributed by atoms with Crippen LogP contribution in [0.5, 0.6) is 0 Å². The Morgan fingerprint density at radius 2 is 1.89 bits per heavy atom. The van der Waals surface area contributed by atoms with Crippen LogP contribution in [0, 0.1) is 11.3 Å². The van der Waals surface area contributed by atoms with E-state index in [1.54, 1.807) is 24.3 Å². The van der Waals surface area contributed by atoms with E-state index >= 15 is 0 Å². The van der Waals surface area contributed by atoms with Gasteiger partial charge in [0.2, 0.25) is 9.84 Å². The number of nitrogens with one attached hydrogen (secondary N) is 2. The summed E-state index contributed by atoms with van der Waals surface area (Å²) in [4.78, 5) is 13.8. The molecule has 1 aromatic heterocycles. The van der Waals surface area contributed by atoms with E-state index in [0.29, 0.717) is 5.69 Å². The predicted molar refractivity (Wildman–Crippen MR) is 67.0 cm³/mol. The second-order valence-corrected chi connectivity index (χ2v) is 5.85. The van der Waals surface area contributed by atoms with Crippen molar-refractivity contribution in [2.75, 3.05) is 5.32 Å². The molecule has 1 aromatic carbocycles. The molecule has 7 heteroatoms. The number of fused-ring (bicyclic) bond motifs is 2. The van der Waals surface area contributed by atoms with E-state index in [2.05, 4.69) is 10.3 Å². The number of aromatic nitrogens is 1. The Balaban J connectivity index is 2.44. The summed E-state index contributed by atoms with van der Waals surface area (Å²) < 4.78 is 24.8. The SMILES string of the molecule is N#Cc1c2c(c[nH]c1=O)S(=O)(=O)c1ccccc1N2. The molecule has 0 fully saturated rings. The maximum atomic E-state index is 12.4. The average Bonchev–Trinajstić information content (AvgIpc) is 2.38. The van der Waals surface area contributed by atoms with Crippen molar-refractivity contribution in [3.63, 3.8) is 0 Å². The van der Waals surface area contributed by atoms with Crippen LogP contribution >= 0.6 is 0 Å². The van der Waals surface area contributed by atoms with Gasteiger partial charge in [0.05, 0.1) is 16.3 Å². The first-order valence-corrected chi connectivity index (χ1v) is 6.81. The number of anilines is 2. The molecule has 0 saturated carbocycles. The molecule has 2 heterocycles. The van der Waals surface area contributed by atoms with Gasteiger partial charge in [0, 0.05) is 6.20 Å². The number of hydrogen-bond acceptors (Lipinski definition) is 5. The quantitative estimate of drug-likeness (QED) is 0.639. The summed E-state index contributed by atoms with van der Waals surface area (Å²) in [6.07, 6.45) is 1.11. The minimum atomic E-state index is -3.73. The van der Waals surface area contributed by atoms with Crippen LogP contribution in [0.4, 0.5) is 11.4 Å². The van der Waals surface area contributed by atoms with Crippen molar-refractivity contribution >= 4 is 21.2 Å². The lowest BCUT2D eigenvalue weighted by Crippen LogP contribution is -2.21. The number of H-pyrrole nitrogens is 1. The molecule has 0 spiro atoms. The highest BCUT2D eigenvalue weighted by Gasteiger charge is 2.31. The topological polar surface area (TPSA) is 103 Å². The van der Waals surface area contributed by atoms with Crippen LogP contribution in [-0.2, 0) is 9.84 Å². The Bertz CT molecular complexity index is 891. The van der Waals surface area contributed by atoms with Crippen molar-refractivity contribution in [3.8, 4) is 6.07 Å². The minimum absolute atomic E-state index is 0.0324. The van der Waals surface area contributed by atoms with Crippen LogP contribution in [0.15, 0.2) is 45.0 Å². The molecule has 2 aromatic rings. The van der Waals surface area contributed by atoms with Crippen molar-refractivity contribution in [2.45, 2.75) is 9.79 Å². The smallest absolute Gasteiger partial charge is 0.268 e. The number of nitrogens with zero attached hydrogens (tertiary/aromatic N) is 1.